The number of aromatic nitrogens is 1. The van der Waals surface area contributed by atoms with Crippen molar-refractivity contribution in [2.24, 2.45) is 0 Å². The topological polar surface area (TPSA) is 63.2 Å². The van der Waals surface area contributed by atoms with Gasteiger partial charge in [-0.1, -0.05) is 19.6 Å². The van der Waals surface area contributed by atoms with Gasteiger partial charge in [0.25, 0.3) is 0 Å². The number of pyridine rings is 1. The number of hydrogen-bond donors (Lipinski definition) is 2. The predicted molar refractivity (Wildman–Crippen MR) is 103 cm³/mol. The Hall–Kier alpha value is -2.46. The van der Waals surface area contributed by atoms with Gasteiger partial charge in [-0.25, -0.2) is 13.8 Å². The molecule has 0 saturated heterocycles. The SMILES string of the molecule is C[Si](C)(C)c1c(F)cc(NC(=O)C2NCCc3nc(OC(F)F)ccc32)cc1F. The van der Waals surface area contributed by atoms with Gasteiger partial charge in [0.15, 0.2) is 0 Å². The number of alkyl halides is 2. The van der Waals surface area contributed by atoms with Crippen molar-refractivity contribution in [2.75, 3.05) is 11.9 Å². The summed E-state index contributed by atoms with van der Waals surface area (Å²) in [6.45, 7) is 2.87. The average Bonchev–Trinajstić information content (AvgIpc) is 2.58. The van der Waals surface area contributed by atoms with E-state index in [9.17, 15) is 22.4 Å². The normalized spacial score (nSPS) is 16.5. The summed E-state index contributed by atoms with van der Waals surface area (Å²) in [7, 11) is -2.23. The van der Waals surface area contributed by atoms with Crippen LogP contribution in [0.25, 0.3) is 0 Å². The van der Waals surface area contributed by atoms with Crippen LogP contribution >= 0.6 is 0 Å². The molecule has 29 heavy (non-hydrogen) atoms. The molecule has 2 aromatic rings. The zero-order valence-corrected chi connectivity index (χ0v) is 17.2. The molecule has 156 valence electrons. The third kappa shape index (κ3) is 4.76. The Morgan fingerprint density at radius 3 is 2.48 bits per heavy atom. The van der Waals surface area contributed by atoms with E-state index in [4.69, 9.17) is 0 Å². The third-order valence-electron chi connectivity index (χ3n) is 4.54. The van der Waals surface area contributed by atoms with E-state index in [2.05, 4.69) is 20.4 Å². The van der Waals surface area contributed by atoms with Gasteiger partial charge in [0.1, 0.15) is 17.7 Å². The molecule has 10 heteroatoms. The Bertz CT molecular complexity index is 911. The van der Waals surface area contributed by atoms with E-state index in [1.165, 1.54) is 12.1 Å². The van der Waals surface area contributed by atoms with Crippen LogP contribution in [0.3, 0.4) is 0 Å². The highest BCUT2D eigenvalue weighted by Gasteiger charge is 2.29. The van der Waals surface area contributed by atoms with E-state index < -0.39 is 38.3 Å². The summed E-state index contributed by atoms with van der Waals surface area (Å²) < 4.78 is 57.9. The van der Waals surface area contributed by atoms with Crippen molar-refractivity contribution in [3.63, 3.8) is 0 Å². The van der Waals surface area contributed by atoms with Crippen LogP contribution in [0.15, 0.2) is 24.3 Å². The van der Waals surface area contributed by atoms with Crippen LogP contribution in [0.4, 0.5) is 23.2 Å². The lowest BCUT2D eigenvalue weighted by Crippen LogP contribution is -2.42. The number of benzene rings is 1. The van der Waals surface area contributed by atoms with E-state index in [1.54, 1.807) is 0 Å². The van der Waals surface area contributed by atoms with Crippen molar-refractivity contribution in [3.05, 3.63) is 47.2 Å². The van der Waals surface area contributed by atoms with E-state index in [0.29, 0.717) is 24.2 Å². The number of carbonyl (C=O) groups is 1. The van der Waals surface area contributed by atoms with Gasteiger partial charge in [-0.2, -0.15) is 8.78 Å². The summed E-state index contributed by atoms with van der Waals surface area (Å²) >= 11 is 0. The van der Waals surface area contributed by atoms with Gasteiger partial charge in [0.05, 0.1) is 13.8 Å². The van der Waals surface area contributed by atoms with Crippen LogP contribution in [0.2, 0.25) is 19.6 Å². The molecule has 1 unspecified atom stereocenters. The molecule has 1 amide bonds. The van der Waals surface area contributed by atoms with E-state index in [-0.39, 0.29) is 16.8 Å². The van der Waals surface area contributed by atoms with Crippen molar-refractivity contribution in [3.8, 4) is 5.88 Å². The lowest BCUT2D eigenvalue weighted by Gasteiger charge is -2.26. The maximum absolute atomic E-state index is 14.4. The van der Waals surface area contributed by atoms with Crippen LogP contribution in [0.5, 0.6) is 5.88 Å². The molecule has 0 aliphatic carbocycles. The summed E-state index contributed by atoms with van der Waals surface area (Å²) in [6.07, 6.45) is 0.424. The highest BCUT2D eigenvalue weighted by Crippen LogP contribution is 2.26. The molecule has 0 fully saturated rings. The lowest BCUT2D eigenvalue weighted by molar-refractivity contribution is -0.118. The molecular weight excluding hydrogens is 406 g/mol. The fourth-order valence-corrected chi connectivity index (χ4v) is 4.94. The molecule has 1 aliphatic rings. The van der Waals surface area contributed by atoms with Gasteiger partial charge in [0, 0.05) is 35.5 Å². The summed E-state index contributed by atoms with van der Waals surface area (Å²) in [4.78, 5) is 16.7. The highest BCUT2D eigenvalue weighted by atomic mass is 28.3. The molecule has 3 rings (SSSR count). The van der Waals surface area contributed by atoms with Crippen molar-refractivity contribution >= 4 is 24.9 Å². The molecule has 0 radical (unpaired) electrons. The second kappa shape index (κ2) is 8.11. The van der Waals surface area contributed by atoms with Crippen molar-refractivity contribution in [1.29, 1.82) is 0 Å². The minimum atomic E-state index is -3.00. The van der Waals surface area contributed by atoms with Gasteiger partial charge < -0.3 is 15.4 Å². The number of halogens is 4. The smallest absolute Gasteiger partial charge is 0.388 e. The lowest BCUT2D eigenvalue weighted by atomic mass is 9.98. The number of ether oxygens (including phenoxy) is 1. The van der Waals surface area contributed by atoms with E-state index >= 15 is 0 Å². The first-order chi connectivity index (χ1) is 13.6. The van der Waals surface area contributed by atoms with Crippen LogP contribution in [-0.4, -0.2) is 32.1 Å². The standard InChI is InChI=1S/C19H21F4N3O2Si/c1-29(2,3)17-12(20)8-10(9-13(17)21)25-18(27)16-11-4-5-15(28-19(22)23)26-14(11)6-7-24-16/h4-5,8-9,16,19,24H,6-7H2,1-3H3,(H,25,27). The van der Waals surface area contributed by atoms with Crippen molar-refractivity contribution in [2.45, 2.75) is 38.7 Å². The molecule has 2 heterocycles. The maximum atomic E-state index is 14.4. The molecule has 2 N–H and O–H groups in total. The number of fused-ring (bicyclic) bond motifs is 1. The highest BCUT2D eigenvalue weighted by molar-refractivity contribution is 6.88. The van der Waals surface area contributed by atoms with Gasteiger partial charge in [-0.05, 0) is 18.2 Å². The summed E-state index contributed by atoms with van der Waals surface area (Å²) in [5, 5.41) is 5.59. The van der Waals surface area contributed by atoms with Crippen molar-refractivity contribution in [1.82, 2.24) is 10.3 Å². The number of amides is 1. The molecule has 0 bridgehead atoms. The number of nitrogens with zero attached hydrogens (tertiary/aromatic N) is 1. The van der Waals surface area contributed by atoms with Gasteiger partial charge in [0.2, 0.25) is 11.8 Å². The number of anilines is 1. The predicted octanol–water partition coefficient (Wildman–Crippen LogP) is 3.33. The number of nitrogens with one attached hydrogen (secondary N) is 2. The fourth-order valence-electron chi connectivity index (χ4n) is 3.37. The number of rotatable bonds is 5. The van der Waals surface area contributed by atoms with E-state index in [1.807, 2.05) is 19.6 Å². The molecule has 1 aliphatic heterocycles. The molecule has 0 saturated carbocycles. The second-order valence-corrected chi connectivity index (χ2v) is 12.8. The summed E-state index contributed by atoms with van der Waals surface area (Å²) in [5.41, 5.74) is 0.954. The fraction of sp³-hybridized carbons (Fsp3) is 0.368. The quantitative estimate of drug-likeness (QED) is 0.568. The third-order valence-corrected chi connectivity index (χ3v) is 6.51. The van der Waals surface area contributed by atoms with Crippen LogP contribution < -0.4 is 20.6 Å². The van der Waals surface area contributed by atoms with E-state index in [0.717, 1.165) is 12.1 Å². The first-order valence-electron chi connectivity index (χ1n) is 9.04. The van der Waals surface area contributed by atoms with Gasteiger partial charge in [-0.3, -0.25) is 4.79 Å². The molecular formula is C19H21F4N3O2Si. The summed E-state index contributed by atoms with van der Waals surface area (Å²) in [6, 6.07) is 4.10. The Kier molecular flexibility index (Phi) is 5.94. The molecule has 1 aromatic carbocycles. The Balaban J connectivity index is 1.82. The average molecular weight is 427 g/mol. The largest absolute Gasteiger partial charge is 0.417 e. The molecule has 5 nitrogen and oxygen atoms in total. The van der Waals surface area contributed by atoms with Crippen LogP contribution in [0.1, 0.15) is 17.3 Å². The van der Waals surface area contributed by atoms with Crippen LogP contribution in [-0.2, 0) is 11.2 Å². The first-order valence-corrected chi connectivity index (χ1v) is 12.5. The van der Waals surface area contributed by atoms with Gasteiger partial charge >= 0.3 is 6.61 Å². The van der Waals surface area contributed by atoms with Crippen molar-refractivity contribution < 1.29 is 27.1 Å². The Labute approximate surface area is 166 Å². The first kappa shape index (κ1) is 21.3. The summed E-state index contributed by atoms with van der Waals surface area (Å²) in [5.74, 6) is -2.14. The van der Waals surface area contributed by atoms with Crippen LogP contribution in [0, 0.1) is 11.6 Å². The Morgan fingerprint density at radius 1 is 1.24 bits per heavy atom. The molecule has 1 atom stereocenters. The van der Waals surface area contributed by atoms with Gasteiger partial charge in [-0.15, -0.1) is 0 Å². The Morgan fingerprint density at radius 2 is 1.90 bits per heavy atom. The molecule has 0 spiro atoms. The molecule has 1 aromatic heterocycles. The minimum Gasteiger partial charge on any atom is -0.417 e. The zero-order valence-electron chi connectivity index (χ0n) is 16.2. The zero-order chi connectivity index (χ0) is 21.3. The maximum Gasteiger partial charge on any atom is 0.388 e. The number of carbonyl (C=O) groups excluding carboxylic acids is 1. The number of hydrogen-bond acceptors (Lipinski definition) is 4. The second-order valence-electron chi connectivity index (χ2n) is 7.76. The monoisotopic (exact) mass is 427 g/mol. The minimum absolute atomic E-state index is 0.00605.